The zero-order valence-electron chi connectivity index (χ0n) is 17.2. The first-order chi connectivity index (χ1) is 15.8. The standard InChI is InChI=1S/C25H21N7/c26-23-24(30-22-15-7-14-21-20(22)13-8-16-27-21)28-17-29-25(23)31-32(18-9-3-1-4-10-18)19-11-5-2-6-12-19/h1-17H,26H2,(H2,28,29,30,31). The molecule has 4 N–H and O–H groups in total. The van der Waals surface area contributed by atoms with Crippen LogP contribution in [0.4, 0.5) is 34.4 Å². The van der Waals surface area contributed by atoms with Gasteiger partial charge in [0.2, 0.25) is 0 Å². The van der Waals surface area contributed by atoms with Crippen molar-refractivity contribution >= 4 is 45.3 Å². The Morgan fingerprint density at radius 1 is 0.656 bits per heavy atom. The Morgan fingerprint density at radius 3 is 2.06 bits per heavy atom. The van der Waals surface area contributed by atoms with Gasteiger partial charge >= 0.3 is 0 Å². The minimum Gasteiger partial charge on any atom is -0.393 e. The zero-order chi connectivity index (χ0) is 21.8. The average Bonchev–Trinajstić information content (AvgIpc) is 2.86. The normalized spacial score (nSPS) is 10.6. The highest BCUT2D eigenvalue weighted by molar-refractivity contribution is 5.94. The number of nitrogens with one attached hydrogen (secondary N) is 2. The Morgan fingerprint density at radius 2 is 1.34 bits per heavy atom. The van der Waals surface area contributed by atoms with Gasteiger partial charge in [-0.2, -0.15) is 0 Å². The molecule has 2 aromatic heterocycles. The van der Waals surface area contributed by atoms with Crippen LogP contribution >= 0.6 is 0 Å². The van der Waals surface area contributed by atoms with Crippen LogP contribution in [0.25, 0.3) is 10.9 Å². The summed E-state index contributed by atoms with van der Waals surface area (Å²) in [5, 5.41) is 6.25. The monoisotopic (exact) mass is 419 g/mol. The first kappa shape index (κ1) is 19.3. The molecule has 5 aromatic rings. The maximum Gasteiger partial charge on any atom is 0.173 e. The van der Waals surface area contributed by atoms with Gasteiger partial charge in [-0.15, -0.1) is 0 Å². The van der Waals surface area contributed by atoms with Crippen LogP contribution < -0.4 is 21.5 Å². The fourth-order valence-corrected chi connectivity index (χ4v) is 3.46. The van der Waals surface area contributed by atoms with Gasteiger partial charge in [0.15, 0.2) is 11.6 Å². The highest BCUT2D eigenvalue weighted by Crippen LogP contribution is 2.32. The van der Waals surface area contributed by atoms with Crippen molar-refractivity contribution < 1.29 is 0 Å². The summed E-state index contributed by atoms with van der Waals surface area (Å²) >= 11 is 0. The quantitative estimate of drug-likeness (QED) is 0.312. The predicted molar refractivity (Wildman–Crippen MR) is 130 cm³/mol. The minimum absolute atomic E-state index is 0.408. The molecule has 0 atom stereocenters. The molecule has 3 aromatic carbocycles. The van der Waals surface area contributed by atoms with Crippen LogP contribution in [-0.2, 0) is 0 Å². The van der Waals surface area contributed by atoms with Crippen molar-refractivity contribution in [3.63, 3.8) is 0 Å². The van der Waals surface area contributed by atoms with Crippen LogP contribution in [0, 0.1) is 0 Å². The molecular formula is C25H21N7. The van der Waals surface area contributed by atoms with Gasteiger partial charge in [-0.25, -0.2) is 9.97 Å². The number of fused-ring (bicyclic) bond motifs is 1. The van der Waals surface area contributed by atoms with E-state index in [2.05, 4.69) is 25.7 Å². The van der Waals surface area contributed by atoms with E-state index < -0.39 is 0 Å². The Bertz CT molecular complexity index is 1300. The molecule has 0 saturated heterocycles. The van der Waals surface area contributed by atoms with Gasteiger partial charge in [-0.05, 0) is 48.5 Å². The van der Waals surface area contributed by atoms with Crippen LogP contribution in [0.15, 0.2) is 104 Å². The molecule has 0 aliphatic carbocycles. The Labute approximate surface area is 185 Å². The van der Waals surface area contributed by atoms with Gasteiger partial charge in [0.25, 0.3) is 0 Å². The SMILES string of the molecule is Nc1c(Nc2cccc3ncccc23)ncnc1NN(c1ccccc1)c1ccccc1. The smallest absolute Gasteiger partial charge is 0.173 e. The van der Waals surface area contributed by atoms with E-state index in [1.165, 1.54) is 6.33 Å². The summed E-state index contributed by atoms with van der Waals surface area (Å²) in [6, 6.07) is 29.7. The van der Waals surface area contributed by atoms with Crippen molar-refractivity contribution in [1.29, 1.82) is 0 Å². The summed E-state index contributed by atoms with van der Waals surface area (Å²) in [7, 11) is 0. The minimum atomic E-state index is 0.408. The summed E-state index contributed by atoms with van der Waals surface area (Å²) in [6.45, 7) is 0. The third kappa shape index (κ3) is 3.87. The van der Waals surface area contributed by atoms with E-state index in [-0.39, 0.29) is 0 Å². The second-order valence-electron chi connectivity index (χ2n) is 7.10. The number of hydrazine groups is 1. The largest absolute Gasteiger partial charge is 0.393 e. The third-order valence-corrected chi connectivity index (χ3v) is 5.03. The fraction of sp³-hybridized carbons (Fsp3) is 0. The number of anilines is 6. The number of hydrogen-bond donors (Lipinski definition) is 3. The summed E-state index contributed by atoms with van der Waals surface area (Å²) in [5.41, 5.74) is 13.9. The highest BCUT2D eigenvalue weighted by Gasteiger charge is 2.15. The van der Waals surface area contributed by atoms with Gasteiger partial charge < -0.3 is 11.1 Å². The van der Waals surface area contributed by atoms with Crippen LogP contribution in [0.5, 0.6) is 0 Å². The summed E-state index contributed by atoms with van der Waals surface area (Å²) in [6.07, 6.45) is 3.26. The molecule has 0 fully saturated rings. The lowest BCUT2D eigenvalue weighted by atomic mass is 10.2. The van der Waals surface area contributed by atoms with Crippen molar-refractivity contribution in [2.75, 3.05) is 21.5 Å². The average molecular weight is 419 g/mol. The second kappa shape index (κ2) is 8.61. The summed E-state index contributed by atoms with van der Waals surface area (Å²) in [4.78, 5) is 13.2. The number of nitrogens with two attached hydrogens (primary N) is 1. The van der Waals surface area contributed by atoms with E-state index in [9.17, 15) is 0 Å². The van der Waals surface area contributed by atoms with E-state index in [1.54, 1.807) is 6.20 Å². The molecule has 0 spiro atoms. The van der Waals surface area contributed by atoms with Gasteiger partial charge in [0.05, 0.1) is 16.9 Å². The first-order valence-electron chi connectivity index (χ1n) is 10.2. The van der Waals surface area contributed by atoms with Crippen LogP contribution in [0.2, 0.25) is 0 Å². The number of pyridine rings is 1. The van der Waals surface area contributed by atoms with E-state index in [0.29, 0.717) is 17.3 Å². The molecule has 0 radical (unpaired) electrons. The molecule has 7 nitrogen and oxygen atoms in total. The third-order valence-electron chi connectivity index (χ3n) is 5.03. The molecule has 0 saturated carbocycles. The molecule has 5 rings (SSSR count). The van der Waals surface area contributed by atoms with Crippen LogP contribution in [-0.4, -0.2) is 15.0 Å². The molecule has 32 heavy (non-hydrogen) atoms. The first-order valence-corrected chi connectivity index (χ1v) is 10.2. The van der Waals surface area contributed by atoms with Gasteiger partial charge in [-0.3, -0.25) is 15.4 Å². The Kier molecular flexibility index (Phi) is 5.20. The molecular weight excluding hydrogens is 398 g/mol. The van der Waals surface area contributed by atoms with Crippen LogP contribution in [0.3, 0.4) is 0 Å². The topological polar surface area (TPSA) is 92.0 Å². The van der Waals surface area contributed by atoms with Gasteiger partial charge in [-0.1, -0.05) is 42.5 Å². The number of benzene rings is 3. The maximum atomic E-state index is 6.49. The lowest BCUT2D eigenvalue weighted by Crippen LogP contribution is -2.26. The van der Waals surface area contributed by atoms with Crippen molar-refractivity contribution in [2.24, 2.45) is 0 Å². The van der Waals surface area contributed by atoms with E-state index in [0.717, 1.165) is 28.0 Å². The lowest BCUT2D eigenvalue weighted by molar-refractivity contribution is 1.09. The van der Waals surface area contributed by atoms with Gasteiger partial charge in [0, 0.05) is 17.3 Å². The lowest BCUT2D eigenvalue weighted by Gasteiger charge is -2.26. The molecule has 0 unspecified atom stereocenters. The number of hydrogen-bond acceptors (Lipinski definition) is 7. The zero-order valence-corrected chi connectivity index (χ0v) is 17.2. The molecule has 0 amide bonds. The molecule has 0 aliphatic heterocycles. The van der Waals surface area contributed by atoms with Crippen molar-refractivity contribution in [1.82, 2.24) is 15.0 Å². The number of rotatable bonds is 6. The van der Waals surface area contributed by atoms with E-state index in [4.69, 9.17) is 5.73 Å². The molecule has 156 valence electrons. The second-order valence-corrected chi connectivity index (χ2v) is 7.10. The molecule has 7 heteroatoms. The Hall–Kier alpha value is -4.65. The van der Waals surface area contributed by atoms with Crippen LogP contribution in [0.1, 0.15) is 0 Å². The van der Waals surface area contributed by atoms with Gasteiger partial charge in [0.1, 0.15) is 12.0 Å². The van der Waals surface area contributed by atoms with Crippen molar-refractivity contribution in [3.05, 3.63) is 104 Å². The number of nitrogens with zero attached hydrogens (tertiary/aromatic N) is 4. The fourth-order valence-electron chi connectivity index (χ4n) is 3.46. The Balaban J connectivity index is 1.50. The summed E-state index contributed by atoms with van der Waals surface area (Å²) < 4.78 is 0. The van der Waals surface area contributed by atoms with E-state index >= 15 is 0 Å². The highest BCUT2D eigenvalue weighted by atomic mass is 15.5. The molecule has 2 heterocycles. The number of nitrogen functional groups attached to an aromatic ring is 1. The summed E-state index contributed by atoms with van der Waals surface area (Å²) in [5.74, 6) is 1.01. The molecule has 0 aliphatic rings. The molecule has 0 bridgehead atoms. The number of para-hydroxylation sites is 2. The predicted octanol–water partition coefficient (Wildman–Crippen LogP) is 5.52. The van der Waals surface area contributed by atoms with Crippen molar-refractivity contribution in [2.45, 2.75) is 0 Å². The number of aromatic nitrogens is 3. The van der Waals surface area contributed by atoms with E-state index in [1.807, 2.05) is 96.0 Å². The van der Waals surface area contributed by atoms with Crippen molar-refractivity contribution in [3.8, 4) is 0 Å². The maximum absolute atomic E-state index is 6.49.